The highest BCUT2D eigenvalue weighted by Gasteiger charge is 2.47. The summed E-state index contributed by atoms with van der Waals surface area (Å²) in [5.41, 5.74) is 9.69. The molecule has 0 spiro atoms. The molecule has 5 aliphatic heterocycles. The number of rotatable bonds is 13. The third-order valence-corrected chi connectivity index (χ3v) is 17.4. The number of hydrogen-bond donors (Lipinski definition) is 3. The molecule has 81 heavy (non-hydrogen) atoms. The van der Waals surface area contributed by atoms with Crippen LogP contribution in [-0.2, 0) is 51.1 Å². The molecule has 3 aromatic rings. The Balaban J connectivity index is 1.15. The number of carbonyl (C=O) groups is 5. The zero-order valence-corrected chi connectivity index (χ0v) is 50.1. The van der Waals surface area contributed by atoms with E-state index >= 15 is 0 Å². The van der Waals surface area contributed by atoms with E-state index < -0.39 is 71.1 Å². The van der Waals surface area contributed by atoms with E-state index in [4.69, 9.17) is 23.9 Å². The Hall–Kier alpha value is -5.64. The minimum atomic E-state index is -1.11. The molecule has 1 unspecified atom stereocenters. The van der Waals surface area contributed by atoms with Crippen LogP contribution < -0.4 is 15.6 Å². The van der Waals surface area contributed by atoms with Gasteiger partial charge in [0.25, 0.3) is 5.91 Å². The van der Waals surface area contributed by atoms with Gasteiger partial charge in [-0.05, 0) is 125 Å². The van der Waals surface area contributed by atoms with E-state index in [2.05, 4.69) is 81.1 Å². The minimum absolute atomic E-state index is 0.00691. The lowest BCUT2D eigenvalue weighted by molar-refractivity contribution is -0.152. The van der Waals surface area contributed by atoms with Crippen molar-refractivity contribution >= 4 is 51.9 Å². The summed E-state index contributed by atoms with van der Waals surface area (Å²) in [4.78, 5) is 86.9. The third kappa shape index (κ3) is 13.1. The number of aryl methyl sites for hydroxylation is 1. The molecule has 20 heteroatoms. The number of esters is 1. The molecule has 9 rings (SSSR count). The van der Waals surface area contributed by atoms with Crippen LogP contribution in [0.15, 0.2) is 36.5 Å². The number of pyridine rings is 1. The number of carbonyl (C=O) groups excluding carboxylic acids is 5. The van der Waals surface area contributed by atoms with Gasteiger partial charge in [-0.25, -0.2) is 10.2 Å². The van der Waals surface area contributed by atoms with Crippen molar-refractivity contribution < 1.29 is 48.0 Å². The average molecular weight is 1120 g/mol. The first-order valence-corrected chi connectivity index (χ1v) is 29.6. The summed E-state index contributed by atoms with van der Waals surface area (Å²) >= 11 is 0. The maximum Gasteiger partial charge on any atom is 0.410 e. The fraction of sp³-hybridized carbons (Fsp3) is 0.672. The van der Waals surface area contributed by atoms with Crippen LogP contribution in [0.1, 0.15) is 117 Å². The first-order chi connectivity index (χ1) is 38.5. The summed E-state index contributed by atoms with van der Waals surface area (Å²) < 4.78 is 26.3. The van der Waals surface area contributed by atoms with E-state index in [1.54, 1.807) is 19.1 Å². The number of fused-ring (bicyclic) bond motifs is 4. The molecule has 6 aliphatic rings. The average Bonchev–Trinajstić information content (AvgIpc) is 4.16. The Bertz CT molecular complexity index is 2830. The van der Waals surface area contributed by atoms with E-state index in [0.717, 1.165) is 76.4 Å². The zero-order chi connectivity index (χ0) is 58.2. The number of piperazine rings is 1. The standard InChI is InChI=1S/C61H90N10O10/c1-13-69-50-19-16-39(28-45(50)47(30-61(8,9)36-72)54(69)46-29-42(31-62-52(46)38(4)78-11)68-25-23-67(24-26-68)41-17-18-41)40-27-43-33-66(32-40)34-49(57(75)71-21-14-15-48(64-71)58(76)79-12)63-55(73)53(37(2)3)65(10)56(74)44-20-22-70(51(44)35-80-43)59(77)81-60(5,6)7/h16,19,27-29,31,37-38,41,43-44,48-49,51,53,64,72H,13-15,17-18,20-26,30,32-36H2,1-12H3,(H,63,73)/t38-,43-,44-,48-,49-,51+,53-/m0/s1. The van der Waals surface area contributed by atoms with Crippen LogP contribution in [0.2, 0.25) is 0 Å². The third-order valence-electron chi connectivity index (χ3n) is 17.4. The molecule has 444 valence electrons. The molecule has 1 aromatic carbocycles. The number of methoxy groups -OCH3 is 2. The van der Waals surface area contributed by atoms with Crippen LogP contribution in [0.3, 0.4) is 0 Å². The highest BCUT2D eigenvalue weighted by molar-refractivity contribution is 5.96. The lowest BCUT2D eigenvalue weighted by Crippen LogP contribution is -2.64. The monoisotopic (exact) mass is 1120 g/mol. The van der Waals surface area contributed by atoms with Crippen LogP contribution in [0, 0.1) is 17.3 Å². The SMILES string of the molecule is CCn1c(-c2cc(N3CCN(C4CC4)CC3)cnc2[C@H](C)OC)c(CC(C)(C)CO)c2cc(C3=C[C@H]4CN(C3)C[C@@H](C(=O)N3CCC[C@@H](C(=O)OC)N3)NC(=O)[C@H](C(C)C)N(C)C(=O)[C@H]3CCN(C(=O)OC(C)(C)C)[C@@H]3CO4)ccc21. The van der Waals surface area contributed by atoms with Gasteiger partial charge < -0.3 is 48.6 Å². The van der Waals surface area contributed by atoms with Crippen LogP contribution >= 0.6 is 0 Å². The van der Waals surface area contributed by atoms with Gasteiger partial charge in [-0.3, -0.25) is 39.0 Å². The van der Waals surface area contributed by atoms with Crippen molar-refractivity contribution in [3.63, 3.8) is 0 Å². The highest BCUT2D eigenvalue weighted by Crippen LogP contribution is 2.43. The first-order valence-electron chi connectivity index (χ1n) is 29.6. The first kappa shape index (κ1) is 60.0. The van der Waals surface area contributed by atoms with Gasteiger partial charge in [0.15, 0.2) is 0 Å². The molecule has 4 amide bonds. The number of aromatic nitrogens is 2. The zero-order valence-electron chi connectivity index (χ0n) is 50.1. The summed E-state index contributed by atoms with van der Waals surface area (Å²) in [6.07, 6.45) is 7.14. The number of hydrazine groups is 1. The van der Waals surface area contributed by atoms with Gasteiger partial charge in [-0.15, -0.1) is 0 Å². The van der Waals surface area contributed by atoms with E-state index in [-0.39, 0.29) is 44.2 Å². The summed E-state index contributed by atoms with van der Waals surface area (Å²) in [7, 11) is 4.64. The summed E-state index contributed by atoms with van der Waals surface area (Å²) in [5.74, 6) is -2.79. The number of nitrogens with zero attached hydrogens (tertiary/aromatic N) is 8. The smallest absolute Gasteiger partial charge is 0.410 e. The van der Waals surface area contributed by atoms with Gasteiger partial charge in [0.2, 0.25) is 11.8 Å². The van der Waals surface area contributed by atoms with Crippen molar-refractivity contribution in [2.24, 2.45) is 17.3 Å². The maximum atomic E-state index is 15.0. The predicted octanol–water partition coefficient (Wildman–Crippen LogP) is 5.64. The van der Waals surface area contributed by atoms with Crippen molar-refractivity contribution in [1.29, 1.82) is 0 Å². The molecule has 1 saturated carbocycles. The van der Waals surface area contributed by atoms with Crippen molar-refractivity contribution in [1.82, 2.24) is 44.9 Å². The van der Waals surface area contributed by atoms with E-state index in [1.165, 1.54) is 29.9 Å². The Kier molecular flexibility index (Phi) is 18.3. The van der Waals surface area contributed by atoms with E-state index in [9.17, 15) is 29.1 Å². The number of amides is 4. The summed E-state index contributed by atoms with van der Waals surface area (Å²) in [6.45, 7) is 23.4. The second-order valence-electron chi connectivity index (χ2n) is 25.5. The Labute approximate surface area is 478 Å². The van der Waals surface area contributed by atoms with Crippen LogP contribution in [0.4, 0.5) is 10.5 Å². The van der Waals surface area contributed by atoms with Gasteiger partial charge in [0.05, 0.1) is 61.2 Å². The van der Waals surface area contributed by atoms with Crippen molar-refractivity contribution in [3.8, 4) is 11.3 Å². The number of likely N-dealkylation sites (tertiary alicyclic amines) is 1. The quantitative estimate of drug-likeness (QED) is 0.178. The lowest BCUT2D eigenvalue weighted by Gasteiger charge is -2.40. The number of hydrogen-bond acceptors (Lipinski definition) is 15. The van der Waals surface area contributed by atoms with Gasteiger partial charge in [0, 0.05) is 109 Å². The van der Waals surface area contributed by atoms with Crippen LogP contribution in [-0.4, -0.2) is 204 Å². The Morgan fingerprint density at radius 3 is 2.32 bits per heavy atom. The Morgan fingerprint density at radius 1 is 0.926 bits per heavy atom. The fourth-order valence-electron chi connectivity index (χ4n) is 12.9. The van der Waals surface area contributed by atoms with Crippen molar-refractivity contribution in [2.75, 3.05) is 98.3 Å². The number of aliphatic hydroxyl groups excluding tert-OH is 1. The number of benzene rings is 1. The molecule has 1 aliphatic carbocycles. The summed E-state index contributed by atoms with van der Waals surface area (Å²) in [5, 5.41) is 16.5. The molecule has 20 nitrogen and oxygen atoms in total. The van der Waals surface area contributed by atoms with Crippen LogP contribution in [0.5, 0.6) is 0 Å². The number of ether oxygens (including phenoxy) is 4. The molecule has 3 N–H and O–H groups in total. The number of anilines is 1. The fourth-order valence-corrected chi connectivity index (χ4v) is 12.9. The molecule has 8 atom stereocenters. The normalized spacial score (nSPS) is 26.0. The molecule has 2 aromatic heterocycles. The second-order valence-corrected chi connectivity index (χ2v) is 25.5. The molecule has 4 saturated heterocycles. The lowest BCUT2D eigenvalue weighted by atomic mass is 9.84. The molecule has 5 fully saturated rings. The van der Waals surface area contributed by atoms with Crippen molar-refractivity contribution in [2.45, 2.75) is 155 Å². The molecular weight excluding hydrogens is 1030 g/mol. The summed E-state index contributed by atoms with van der Waals surface area (Å²) in [6, 6.07) is 6.02. The van der Waals surface area contributed by atoms with E-state index in [1.807, 2.05) is 47.7 Å². The molecule has 0 radical (unpaired) electrons. The topological polar surface area (TPSA) is 204 Å². The van der Waals surface area contributed by atoms with Gasteiger partial charge >= 0.3 is 12.1 Å². The molecular formula is C61H90N10O10. The largest absolute Gasteiger partial charge is 0.468 e. The van der Waals surface area contributed by atoms with Gasteiger partial charge in [0.1, 0.15) is 23.7 Å². The molecule has 2 bridgehead atoms. The number of aliphatic hydroxyl groups is 1. The number of nitrogens with one attached hydrogen (secondary N) is 2. The highest BCUT2D eigenvalue weighted by atomic mass is 16.6. The number of likely N-dealkylation sites (N-methyl/N-ethyl adjacent to an activating group) is 1. The van der Waals surface area contributed by atoms with E-state index in [0.29, 0.717) is 57.9 Å². The van der Waals surface area contributed by atoms with Gasteiger partial charge in [-0.1, -0.05) is 33.8 Å². The maximum absolute atomic E-state index is 15.0. The second kappa shape index (κ2) is 24.7. The predicted molar refractivity (Wildman–Crippen MR) is 310 cm³/mol. The van der Waals surface area contributed by atoms with Crippen molar-refractivity contribution in [3.05, 3.63) is 53.4 Å². The van der Waals surface area contributed by atoms with Gasteiger partial charge in [-0.2, -0.15) is 0 Å². The Morgan fingerprint density at radius 2 is 1.67 bits per heavy atom. The minimum Gasteiger partial charge on any atom is -0.468 e. The molecule has 7 heterocycles. The van der Waals surface area contributed by atoms with Crippen LogP contribution in [0.25, 0.3) is 27.7 Å².